The van der Waals surface area contributed by atoms with Gasteiger partial charge in [-0.3, -0.25) is 0 Å². The Morgan fingerprint density at radius 2 is 1.21 bits per heavy atom. The largest absolute Gasteiger partial charge is 0.377 e. The Balaban J connectivity index is 1.93. The van der Waals surface area contributed by atoms with Gasteiger partial charge in [0.2, 0.25) is 0 Å². The maximum Gasteiger partial charge on any atom is 0.164 e. The lowest BCUT2D eigenvalue weighted by Crippen LogP contribution is -2.60. The van der Waals surface area contributed by atoms with E-state index in [1.54, 1.807) is 7.11 Å². The molecule has 1 aliphatic carbocycles. The van der Waals surface area contributed by atoms with Crippen LogP contribution in [-0.4, -0.2) is 54.6 Å². The summed E-state index contributed by atoms with van der Waals surface area (Å²) < 4.78 is 29.3. The van der Waals surface area contributed by atoms with Gasteiger partial charge in [0, 0.05) is 7.11 Å². The number of alkyl halides is 1. The van der Waals surface area contributed by atoms with Gasteiger partial charge < -0.3 is 23.7 Å². The first-order valence-corrected chi connectivity index (χ1v) is 7.06. The molecule has 3 rings (SSSR count). The molecule has 2 saturated heterocycles. The Morgan fingerprint density at radius 1 is 0.789 bits per heavy atom. The maximum absolute atomic E-state index is 6.51. The van der Waals surface area contributed by atoms with Gasteiger partial charge in [0.25, 0.3) is 0 Å². The van der Waals surface area contributed by atoms with Crippen molar-refractivity contribution in [1.29, 1.82) is 0 Å². The van der Waals surface area contributed by atoms with E-state index in [2.05, 4.69) is 0 Å². The number of ether oxygens (including phenoxy) is 5. The van der Waals surface area contributed by atoms with Crippen molar-refractivity contribution in [2.75, 3.05) is 7.11 Å². The van der Waals surface area contributed by atoms with Gasteiger partial charge in [-0.05, 0) is 27.7 Å². The van der Waals surface area contributed by atoms with Crippen molar-refractivity contribution in [3.05, 3.63) is 0 Å². The summed E-state index contributed by atoms with van der Waals surface area (Å²) in [5.41, 5.74) is 0. The lowest BCUT2D eigenvalue weighted by molar-refractivity contribution is -0.177. The molecule has 5 nitrogen and oxygen atoms in total. The van der Waals surface area contributed by atoms with Crippen molar-refractivity contribution in [2.24, 2.45) is 0 Å². The van der Waals surface area contributed by atoms with E-state index in [0.29, 0.717) is 0 Å². The van der Waals surface area contributed by atoms with E-state index in [1.807, 2.05) is 27.7 Å². The van der Waals surface area contributed by atoms with Crippen molar-refractivity contribution < 1.29 is 23.7 Å². The predicted molar refractivity (Wildman–Crippen MR) is 68.1 cm³/mol. The molecular weight excluding hydrogens is 272 g/mol. The zero-order valence-corrected chi connectivity index (χ0v) is 12.6. The van der Waals surface area contributed by atoms with Crippen LogP contribution in [0.5, 0.6) is 0 Å². The molecule has 19 heavy (non-hydrogen) atoms. The number of hydrogen-bond donors (Lipinski definition) is 0. The van der Waals surface area contributed by atoms with Crippen molar-refractivity contribution in [3.63, 3.8) is 0 Å². The molecule has 0 radical (unpaired) electrons. The van der Waals surface area contributed by atoms with Crippen LogP contribution in [-0.2, 0) is 23.7 Å². The van der Waals surface area contributed by atoms with Gasteiger partial charge in [-0.1, -0.05) is 0 Å². The average molecular weight is 293 g/mol. The maximum atomic E-state index is 6.51. The third-order valence-corrected chi connectivity index (χ3v) is 4.37. The van der Waals surface area contributed by atoms with Crippen LogP contribution < -0.4 is 0 Å². The summed E-state index contributed by atoms with van der Waals surface area (Å²) in [5, 5.41) is -0.324. The van der Waals surface area contributed by atoms with Crippen molar-refractivity contribution in [1.82, 2.24) is 0 Å². The third-order valence-electron chi connectivity index (χ3n) is 3.87. The molecule has 0 unspecified atom stereocenters. The minimum atomic E-state index is -0.661. The number of rotatable bonds is 1. The van der Waals surface area contributed by atoms with Gasteiger partial charge >= 0.3 is 0 Å². The Labute approximate surface area is 118 Å². The molecule has 3 aliphatic rings. The van der Waals surface area contributed by atoms with Gasteiger partial charge in [0.1, 0.15) is 30.5 Å². The molecular formula is C13H21ClO5. The third kappa shape index (κ3) is 2.20. The Bertz CT molecular complexity index is 372. The van der Waals surface area contributed by atoms with E-state index in [4.69, 9.17) is 35.3 Å². The molecule has 0 amide bonds. The molecule has 0 N–H and O–H groups in total. The molecule has 3 fully saturated rings. The molecule has 110 valence electrons. The quantitative estimate of drug-likeness (QED) is 0.688. The summed E-state index contributed by atoms with van der Waals surface area (Å²) >= 11 is 6.51. The monoisotopic (exact) mass is 292 g/mol. The van der Waals surface area contributed by atoms with Gasteiger partial charge in [0.15, 0.2) is 11.6 Å². The summed E-state index contributed by atoms with van der Waals surface area (Å²) in [6, 6.07) is 0. The van der Waals surface area contributed by atoms with E-state index < -0.39 is 11.6 Å². The Hall–Kier alpha value is 0.0900. The molecule has 0 spiro atoms. The van der Waals surface area contributed by atoms with E-state index in [9.17, 15) is 0 Å². The summed E-state index contributed by atoms with van der Waals surface area (Å²) in [6.45, 7) is 7.54. The van der Waals surface area contributed by atoms with Crippen LogP contribution in [0.3, 0.4) is 0 Å². The standard InChI is InChI=1S/C13H21ClO5/c1-12(2)16-8-6(14)7(15-5)9-11(10(8)18-12)19-13(3,4)17-9/h6-11H,1-5H3/t6-,7-,8+,9+,10+,11+/m0/s1. The first-order chi connectivity index (χ1) is 8.74. The highest BCUT2D eigenvalue weighted by molar-refractivity contribution is 6.21. The van der Waals surface area contributed by atoms with Crippen LogP contribution in [0.4, 0.5) is 0 Å². The van der Waals surface area contributed by atoms with Gasteiger partial charge in [0.05, 0.1) is 5.38 Å². The highest BCUT2D eigenvalue weighted by Gasteiger charge is 2.63. The summed E-state index contributed by atoms with van der Waals surface area (Å²) in [6.07, 6.45) is -1.20. The molecule has 6 heteroatoms. The smallest absolute Gasteiger partial charge is 0.164 e. The second-order valence-corrected chi connectivity index (χ2v) is 6.78. The predicted octanol–water partition coefficient (Wildman–Crippen LogP) is 1.66. The van der Waals surface area contributed by atoms with Crippen LogP contribution in [0.2, 0.25) is 0 Å². The second-order valence-electron chi connectivity index (χ2n) is 6.27. The van der Waals surface area contributed by atoms with Crippen LogP contribution in [0.1, 0.15) is 27.7 Å². The van der Waals surface area contributed by atoms with Crippen molar-refractivity contribution >= 4 is 11.6 Å². The zero-order valence-electron chi connectivity index (χ0n) is 11.9. The molecule has 0 aromatic heterocycles. The highest BCUT2D eigenvalue weighted by atomic mass is 35.5. The summed E-state index contributed by atoms with van der Waals surface area (Å²) in [4.78, 5) is 0. The number of fused-ring (bicyclic) bond motifs is 3. The van der Waals surface area contributed by atoms with Gasteiger partial charge in [-0.2, -0.15) is 0 Å². The highest BCUT2D eigenvalue weighted by Crippen LogP contribution is 2.46. The second kappa shape index (κ2) is 4.29. The zero-order chi connectivity index (χ0) is 14.0. The van der Waals surface area contributed by atoms with Gasteiger partial charge in [-0.15, -0.1) is 11.6 Å². The fourth-order valence-corrected chi connectivity index (χ4v) is 3.72. The molecule has 0 bridgehead atoms. The van der Waals surface area contributed by atoms with E-state index >= 15 is 0 Å². The molecule has 6 atom stereocenters. The van der Waals surface area contributed by atoms with E-state index in [1.165, 1.54) is 0 Å². The van der Waals surface area contributed by atoms with Crippen LogP contribution in [0, 0.1) is 0 Å². The molecule has 2 heterocycles. The van der Waals surface area contributed by atoms with Crippen LogP contribution in [0.25, 0.3) is 0 Å². The summed E-state index contributed by atoms with van der Waals surface area (Å²) in [5.74, 6) is -1.32. The number of methoxy groups -OCH3 is 1. The van der Waals surface area contributed by atoms with Crippen molar-refractivity contribution in [3.8, 4) is 0 Å². The fourth-order valence-electron chi connectivity index (χ4n) is 3.28. The van der Waals surface area contributed by atoms with E-state index in [-0.39, 0.29) is 35.9 Å². The Morgan fingerprint density at radius 3 is 1.74 bits per heavy atom. The molecule has 0 aromatic rings. The van der Waals surface area contributed by atoms with E-state index in [0.717, 1.165) is 0 Å². The minimum absolute atomic E-state index is 0.221. The van der Waals surface area contributed by atoms with Crippen LogP contribution >= 0.6 is 11.6 Å². The normalized spacial score (nSPS) is 50.8. The summed E-state index contributed by atoms with van der Waals surface area (Å²) in [7, 11) is 1.63. The SMILES string of the molecule is CO[C@H]1[C@H](Cl)[C@H]2OC(C)(C)O[C@H]2[C@@H]2OC(C)(C)O[C@@H]21. The van der Waals surface area contributed by atoms with Crippen LogP contribution in [0.15, 0.2) is 0 Å². The molecule has 2 aliphatic heterocycles. The topological polar surface area (TPSA) is 46.2 Å². The van der Waals surface area contributed by atoms with Crippen molar-refractivity contribution in [2.45, 2.75) is 75.2 Å². The first kappa shape index (κ1) is 14.0. The fraction of sp³-hybridized carbons (Fsp3) is 1.00. The molecule has 0 aromatic carbocycles. The number of halogens is 1. The Kier molecular flexibility index (Phi) is 3.17. The van der Waals surface area contributed by atoms with Gasteiger partial charge in [-0.25, -0.2) is 0 Å². The first-order valence-electron chi connectivity index (χ1n) is 6.62. The average Bonchev–Trinajstić information content (AvgIpc) is 2.75. The lowest BCUT2D eigenvalue weighted by Gasteiger charge is -2.39. The minimum Gasteiger partial charge on any atom is -0.377 e. The molecule has 1 saturated carbocycles. The number of hydrogen-bond acceptors (Lipinski definition) is 5. The lowest BCUT2D eigenvalue weighted by atomic mass is 9.87.